The fraction of sp³-hybridized carbons (Fsp3) is 0.389. The number of ether oxygens (including phenoxy) is 1. The number of hydrogen-bond donors (Lipinski definition) is 2. The quantitative estimate of drug-likeness (QED) is 0.911. The molecule has 2 aromatic rings. The van der Waals surface area contributed by atoms with Crippen LogP contribution in [0.2, 0.25) is 0 Å². The van der Waals surface area contributed by atoms with Crippen LogP contribution in [0.4, 0.5) is 4.79 Å². The van der Waals surface area contributed by atoms with Crippen LogP contribution in [-0.2, 0) is 19.5 Å². The van der Waals surface area contributed by atoms with Gasteiger partial charge in [0.25, 0.3) is 0 Å². The molecule has 5 nitrogen and oxygen atoms in total. The molecule has 0 spiro atoms. The van der Waals surface area contributed by atoms with Crippen LogP contribution < -0.4 is 15.4 Å². The number of benzene rings is 1. The molecule has 0 bridgehead atoms. The second kappa shape index (κ2) is 6.77. The third kappa shape index (κ3) is 3.67. The molecule has 3 rings (SSSR count). The molecule has 1 aliphatic heterocycles. The van der Waals surface area contributed by atoms with Gasteiger partial charge >= 0.3 is 6.03 Å². The third-order valence-electron chi connectivity index (χ3n) is 4.17. The van der Waals surface area contributed by atoms with Gasteiger partial charge in [0, 0.05) is 18.7 Å². The van der Waals surface area contributed by atoms with Crippen molar-refractivity contribution in [3.05, 3.63) is 52.5 Å². The third-order valence-corrected chi connectivity index (χ3v) is 4.17. The van der Waals surface area contributed by atoms with Crippen LogP contribution in [-0.4, -0.2) is 12.6 Å². The van der Waals surface area contributed by atoms with Crippen molar-refractivity contribution < 1.29 is 13.9 Å². The number of nitrogens with one attached hydrogen (secondary N) is 2. The smallest absolute Gasteiger partial charge is 0.315 e. The summed E-state index contributed by atoms with van der Waals surface area (Å²) in [6.07, 6.45) is 3.79. The van der Waals surface area contributed by atoms with Gasteiger partial charge in [-0.1, -0.05) is 12.1 Å². The highest BCUT2D eigenvalue weighted by Gasteiger charge is 2.11. The second-order valence-corrected chi connectivity index (χ2v) is 5.88. The Balaban J connectivity index is 1.51. The molecule has 2 N–H and O–H groups in total. The number of amides is 2. The predicted molar refractivity (Wildman–Crippen MR) is 87.5 cm³/mol. The number of furan rings is 1. The van der Waals surface area contributed by atoms with E-state index in [0.29, 0.717) is 13.1 Å². The van der Waals surface area contributed by atoms with Gasteiger partial charge in [-0.3, -0.25) is 0 Å². The summed E-state index contributed by atoms with van der Waals surface area (Å²) in [5.41, 5.74) is 4.39. The number of rotatable bonds is 4. The second-order valence-electron chi connectivity index (χ2n) is 5.88. The van der Waals surface area contributed by atoms with Crippen molar-refractivity contribution in [3.63, 3.8) is 0 Å². The summed E-state index contributed by atoms with van der Waals surface area (Å²) in [5, 5.41) is 5.75. The Morgan fingerprint density at radius 1 is 1.22 bits per heavy atom. The fourth-order valence-corrected chi connectivity index (χ4v) is 2.80. The van der Waals surface area contributed by atoms with E-state index < -0.39 is 0 Å². The van der Waals surface area contributed by atoms with Crippen LogP contribution in [0, 0.1) is 13.8 Å². The normalized spacial score (nSPS) is 13.1. The van der Waals surface area contributed by atoms with E-state index in [-0.39, 0.29) is 6.03 Å². The molecule has 0 fully saturated rings. The van der Waals surface area contributed by atoms with Crippen molar-refractivity contribution in [2.24, 2.45) is 0 Å². The van der Waals surface area contributed by atoms with Crippen molar-refractivity contribution in [2.75, 3.05) is 6.61 Å². The summed E-state index contributed by atoms with van der Waals surface area (Å²) in [5.74, 6) is 1.81. The van der Waals surface area contributed by atoms with E-state index in [1.54, 1.807) is 6.26 Å². The Morgan fingerprint density at radius 2 is 2.04 bits per heavy atom. The van der Waals surface area contributed by atoms with E-state index >= 15 is 0 Å². The Morgan fingerprint density at radius 3 is 2.83 bits per heavy atom. The molecule has 1 aliphatic rings. The summed E-state index contributed by atoms with van der Waals surface area (Å²) in [6, 6.07) is 5.91. The lowest BCUT2D eigenvalue weighted by Crippen LogP contribution is -2.34. The lowest BCUT2D eigenvalue weighted by atomic mass is 10.0. The SMILES string of the molecule is Cc1coc(C)c1CNC(=O)NCc1ccc2c(c1)CCCO2. The van der Waals surface area contributed by atoms with Gasteiger partial charge in [-0.2, -0.15) is 0 Å². The van der Waals surface area contributed by atoms with Gasteiger partial charge in [-0.05, 0) is 49.4 Å². The molecule has 5 heteroatoms. The van der Waals surface area contributed by atoms with E-state index in [0.717, 1.165) is 47.6 Å². The van der Waals surface area contributed by atoms with E-state index in [9.17, 15) is 4.79 Å². The first-order valence-corrected chi connectivity index (χ1v) is 7.93. The minimum atomic E-state index is -0.182. The molecule has 122 valence electrons. The Labute approximate surface area is 136 Å². The first-order chi connectivity index (χ1) is 11.1. The van der Waals surface area contributed by atoms with Crippen LogP contribution in [0.5, 0.6) is 5.75 Å². The molecule has 0 saturated heterocycles. The number of fused-ring (bicyclic) bond motifs is 1. The zero-order valence-corrected chi connectivity index (χ0v) is 13.6. The average molecular weight is 314 g/mol. The van der Waals surface area contributed by atoms with Gasteiger partial charge in [0.1, 0.15) is 11.5 Å². The van der Waals surface area contributed by atoms with Gasteiger partial charge in [-0.15, -0.1) is 0 Å². The molecular weight excluding hydrogens is 292 g/mol. The van der Waals surface area contributed by atoms with Crippen LogP contribution in [0.15, 0.2) is 28.9 Å². The maximum Gasteiger partial charge on any atom is 0.315 e. The molecular formula is C18H22N2O3. The maximum atomic E-state index is 11.9. The highest BCUT2D eigenvalue weighted by atomic mass is 16.5. The minimum Gasteiger partial charge on any atom is -0.493 e. The lowest BCUT2D eigenvalue weighted by molar-refractivity contribution is 0.240. The minimum absolute atomic E-state index is 0.182. The number of aryl methyl sites for hydroxylation is 3. The Bertz CT molecular complexity index is 687. The van der Waals surface area contributed by atoms with Crippen molar-refractivity contribution >= 4 is 6.03 Å². The van der Waals surface area contributed by atoms with Crippen molar-refractivity contribution in [1.29, 1.82) is 0 Å². The predicted octanol–water partition coefficient (Wildman–Crippen LogP) is 3.22. The zero-order valence-electron chi connectivity index (χ0n) is 13.6. The number of carbonyl (C=O) groups is 1. The van der Waals surface area contributed by atoms with Crippen LogP contribution in [0.25, 0.3) is 0 Å². The topological polar surface area (TPSA) is 63.5 Å². The lowest BCUT2D eigenvalue weighted by Gasteiger charge is -2.18. The first-order valence-electron chi connectivity index (χ1n) is 7.93. The van der Waals surface area contributed by atoms with Gasteiger partial charge in [-0.25, -0.2) is 4.79 Å². The first kappa shape index (κ1) is 15.5. The molecule has 0 unspecified atom stereocenters. The molecule has 23 heavy (non-hydrogen) atoms. The molecule has 2 amide bonds. The Hall–Kier alpha value is -2.43. The molecule has 1 aromatic carbocycles. The van der Waals surface area contributed by atoms with Crippen molar-refractivity contribution in [1.82, 2.24) is 10.6 Å². The van der Waals surface area contributed by atoms with E-state index in [1.807, 2.05) is 26.0 Å². The zero-order chi connectivity index (χ0) is 16.2. The molecule has 2 heterocycles. The average Bonchev–Trinajstić information content (AvgIpc) is 2.89. The summed E-state index contributed by atoms with van der Waals surface area (Å²) in [7, 11) is 0. The standard InChI is InChI=1S/C18H22N2O3/c1-12-11-23-13(2)16(12)10-20-18(21)19-9-14-5-6-17-15(8-14)4-3-7-22-17/h5-6,8,11H,3-4,7,9-10H2,1-2H3,(H2,19,20,21). The van der Waals surface area contributed by atoms with Crippen LogP contribution in [0.3, 0.4) is 0 Å². The van der Waals surface area contributed by atoms with Gasteiger partial charge in [0.05, 0.1) is 12.9 Å². The molecule has 0 saturated carbocycles. The maximum absolute atomic E-state index is 11.9. The monoisotopic (exact) mass is 314 g/mol. The van der Waals surface area contributed by atoms with E-state index in [4.69, 9.17) is 9.15 Å². The van der Waals surface area contributed by atoms with Gasteiger partial charge in [0.15, 0.2) is 0 Å². The fourth-order valence-electron chi connectivity index (χ4n) is 2.80. The number of urea groups is 1. The number of carbonyl (C=O) groups excluding carboxylic acids is 1. The van der Waals surface area contributed by atoms with Gasteiger partial charge in [0.2, 0.25) is 0 Å². The van der Waals surface area contributed by atoms with Gasteiger partial charge < -0.3 is 19.8 Å². The highest BCUT2D eigenvalue weighted by molar-refractivity contribution is 5.73. The molecule has 1 aromatic heterocycles. The van der Waals surface area contributed by atoms with E-state index in [1.165, 1.54) is 5.56 Å². The molecule has 0 atom stereocenters. The molecule has 0 radical (unpaired) electrons. The van der Waals surface area contributed by atoms with E-state index in [2.05, 4.69) is 16.7 Å². The summed E-state index contributed by atoms with van der Waals surface area (Å²) >= 11 is 0. The van der Waals surface area contributed by atoms with Crippen LogP contribution >= 0.6 is 0 Å². The van der Waals surface area contributed by atoms with Crippen molar-refractivity contribution in [3.8, 4) is 5.75 Å². The molecule has 0 aliphatic carbocycles. The number of hydrogen-bond acceptors (Lipinski definition) is 3. The van der Waals surface area contributed by atoms with Crippen molar-refractivity contribution in [2.45, 2.75) is 39.8 Å². The largest absolute Gasteiger partial charge is 0.493 e. The summed E-state index contributed by atoms with van der Waals surface area (Å²) in [4.78, 5) is 11.9. The summed E-state index contributed by atoms with van der Waals surface area (Å²) < 4.78 is 10.9. The van der Waals surface area contributed by atoms with Crippen LogP contribution in [0.1, 0.15) is 34.4 Å². The summed E-state index contributed by atoms with van der Waals surface area (Å²) in [6.45, 7) is 5.64. The highest BCUT2D eigenvalue weighted by Crippen LogP contribution is 2.25. The Kier molecular flexibility index (Phi) is 4.55.